The van der Waals surface area contributed by atoms with Crippen LogP contribution in [0.4, 0.5) is 4.39 Å². The van der Waals surface area contributed by atoms with Crippen molar-refractivity contribution in [1.29, 1.82) is 0 Å². The highest BCUT2D eigenvalue weighted by Gasteiger charge is 2.31. The summed E-state index contributed by atoms with van der Waals surface area (Å²) in [6.45, 7) is 6.75. The van der Waals surface area contributed by atoms with Gasteiger partial charge in [0.25, 0.3) is 0 Å². The Hall–Kier alpha value is -4.02. The van der Waals surface area contributed by atoms with Crippen molar-refractivity contribution in [1.82, 2.24) is 0 Å². The number of benzene rings is 4. The Bertz CT molecular complexity index is 1790. The quantitative estimate of drug-likeness (QED) is 0.187. The van der Waals surface area contributed by atoms with E-state index in [-0.39, 0.29) is 5.82 Å². The number of furan rings is 1. The van der Waals surface area contributed by atoms with E-state index in [2.05, 4.69) is 79.2 Å². The zero-order valence-corrected chi connectivity index (χ0v) is 22.5. The van der Waals surface area contributed by atoms with E-state index in [4.69, 9.17) is 4.42 Å². The molecule has 2 nitrogen and oxygen atoms in total. The second-order valence-electron chi connectivity index (χ2n) is 10.3. The number of aromatic nitrogens is 1. The Kier molecular flexibility index (Phi) is 5.57. The molecule has 0 saturated carbocycles. The van der Waals surface area contributed by atoms with Crippen LogP contribution < -0.4 is 14.9 Å². The fourth-order valence-corrected chi connectivity index (χ4v) is 8.32. The first-order valence-corrected chi connectivity index (χ1v) is 15.6. The molecule has 4 heteroatoms. The topological polar surface area (TPSA) is 17.0 Å². The molecule has 37 heavy (non-hydrogen) atoms. The van der Waals surface area contributed by atoms with Crippen molar-refractivity contribution in [2.45, 2.75) is 20.0 Å². The predicted molar refractivity (Wildman–Crippen MR) is 154 cm³/mol. The average Bonchev–Trinajstić information content (AvgIpc) is 3.28. The molecular weight excluding hydrogens is 473 g/mol. The van der Waals surface area contributed by atoms with Crippen LogP contribution in [-0.4, -0.2) is 8.07 Å². The van der Waals surface area contributed by atoms with Gasteiger partial charge in [0.2, 0.25) is 5.69 Å². The number of hydrogen-bond acceptors (Lipinski definition) is 1. The molecule has 0 N–H and O–H groups in total. The molecule has 0 radical (unpaired) electrons. The number of hydrogen-bond donors (Lipinski definition) is 0. The van der Waals surface area contributed by atoms with E-state index in [0.717, 1.165) is 38.7 Å². The molecule has 4 aromatic carbocycles. The number of aryl methyl sites for hydroxylation is 2. The molecule has 0 atom stereocenters. The van der Waals surface area contributed by atoms with Crippen LogP contribution >= 0.6 is 0 Å². The Labute approximate surface area is 217 Å². The highest BCUT2D eigenvalue weighted by molar-refractivity contribution is 7.01. The molecule has 182 valence electrons. The summed E-state index contributed by atoms with van der Waals surface area (Å²) < 4.78 is 24.6. The van der Waals surface area contributed by atoms with Gasteiger partial charge in [-0.1, -0.05) is 85.0 Å². The largest absolute Gasteiger partial charge is 0.454 e. The highest BCUT2D eigenvalue weighted by atomic mass is 28.3. The van der Waals surface area contributed by atoms with Gasteiger partial charge in [-0.3, -0.25) is 0 Å². The molecular formula is C33H29FNOSi+. The molecule has 0 spiro atoms. The van der Waals surface area contributed by atoms with E-state index in [1.807, 2.05) is 49.6 Å². The minimum atomic E-state index is -2.12. The first-order valence-electron chi connectivity index (χ1n) is 12.6. The third-order valence-electron chi connectivity index (χ3n) is 7.64. The van der Waals surface area contributed by atoms with Crippen LogP contribution in [0.25, 0.3) is 44.3 Å². The number of fused-ring (bicyclic) bond motifs is 3. The molecule has 6 rings (SSSR count). The van der Waals surface area contributed by atoms with Gasteiger partial charge in [-0.05, 0) is 41.4 Å². The average molecular weight is 503 g/mol. The van der Waals surface area contributed by atoms with Gasteiger partial charge in [-0.25, -0.2) is 8.96 Å². The molecule has 2 aromatic heterocycles. The fraction of sp³-hybridized carbons (Fsp3) is 0.121. The molecule has 0 fully saturated rings. The lowest BCUT2D eigenvalue weighted by molar-refractivity contribution is -0.660. The zero-order chi connectivity index (χ0) is 25.7. The Balaban J connectivity index is 1.67. The maximum Gasteiger partial charge on any atom is 0.216 e. The van der Waals surface area contributed by atoms with E-state index < -0.39 is 8.07 Å². The Morgan fingerprint density at radius 3 is 2.11 bits per heavy atom. The Morgan fingerprint density at radius 2 is 1.35 bits per heavy atom. The van der Waals surface area contributed by atoms with Gasteiger partial charge in [-0.15, -0.1) is 0 Å². The number of pyridine rings is 1. The number of nitrogens with zero attached hydrogens (tertiary/aromatic N) is 1. The SMILES string of the molecule is Cc1ccc2c(oc3c(-c4ccccc4[Si](C)(C)c4ccccc4)c(F)ccc32)c1-c1cccc[n+]1C. The molecule has 0 aliphatic carbocycles. The van der Waals surface area contributed by atoms with Crippen molar-refractivity contribution in [3.63, 3.8) is 0 Å². The summed E-state index contributed by atoms with van der Waals surface area (Å²) in [4.78, 5) is 0. The van der Waals surface area contributed by atoms with Crippen molar-refractivity contribution in [3.05, 3.63) is 115 Å². The summed E-state index contributed by atoms with van der Waals surface area (Å²) in [5.74, 6) is -0.264. The van der Waals surface area contributed by atoms with E-state index in [1.165, 1.54) is 10.4 Å². The maximum atomic E-state index is 15.8. The molecule has 0 bridgehead atoms. The van der Waals surface area contributed by atoms with E-state index in [0.29, 0.717) is 11.1 Å². The summed E-state index contributed by atoms with van der Waals surface area (Å²) in [7, 11) is -0.0882. The molecule has 0 amide bonds. The summed E-state index contributed by atoms with van der Waals surface area (Å²) in [6.07, 6.45) is 2.04. The van der Waals surface area contributed by atoms with Gasteiger partial charge in [0.05, 0.1) is 11.1 Å². The van der Waals surface area contributed by atoms with Crippen molar-refractivity contribution in [3.8, 4) is 22.4 Å². The van der Waals surface area contributed by atoms with Crippen LogP contribution in [-0.2, 0) is 7.05 Å². The second-order valence-corrected chi connectivity index (χ2v) is 14.6. The molecule has 2 heterocycles. The number of rotatable bonds is 4. The van der Waals surface area contributed by atoms with Crippen LogP contribution in [0.3, 0.4) is 0 Å². The van der Waals surface area contributed by atoms with E-state index in [1.54, 1.807) is 6.07 Å². The van der Waals surface area contributed by atoms with Gasteiger partial charge in [0, 0.05) is 22.9 Å². The van der Waals surface area contributed by atoms with Crippen molar-refractivity contribution < 1.29 is 13.4 Å². The van der Waals surface area contributed by atoms with Crippen LogP contribution in [0.2, 0.25) is 13.1 Å². The van der Waals surface area contributed by atoms with Crippen LogP contribution in [0.15, 0.2) is 108 Å². The lowest BCUT2D eigenvalue weighted by Crippen LogP contribution is -2.53. The molecule has 0 aliphatic rings. The van der Waals surface area contributed by atoms with Crippen LogP contribution in [0.1, 0.15) is 5.56 Å². The summed E-state index contributed by atoms with van der Waals surface area (Å²) >= 11 is 0. The van der Waals surface area contributed by atoms with Gasteiger partial charge in [-0.2, -0.15) is 0 Å². The van der Waals surface area contributed by atoms with E-state index >= 15 is 4.39 Å². The van der Waals surface area contributed by atoms with E-state index in [9.17, 15) is 0 Å². The van der Waals surface area contributed by atoms with Gasteiger partial charge in [0.15, 0.2) is 6.20 Å². The lowest BCUT2D eigenvalue weighted by atomic mass is 9.98. The number of halogens is 1. The zero-order valence-electron chi connectivity index (χ0n) is 21.5. The third kappa shape index (κ3) is 3.71. The van der Waals surface area contributed by atoms with Gasteiger partial charge in [0.1, 0.15) is 32.1 Å². The monoisotopic (exact) mass is 502 g/mol. The third-order valence-corrected chi connectivity index (χ3v) is 11.2. The summed E-state index contributed by atoms with van der Waals surface area (Å²) in [5, 5.41) is 4.44. The van der Waals surface area contributed by atoms with Gasteiger partial charge >= 0.3 is 0 Å². The first kappa shape index (κ1) is 23.4. The molecule has 0 unspecified atom stereocenters. The van der Waals surface area contributed by atoms with Crippen LogP contribution in [0.5, 0.6) is 0 Å². The van der Waals surface area contributed by atoms with Gasteiger partial charge < -0.3 is 4.42 Å². The first-order chi connectivity index (χ1) is 17.9. The maximum absolute atomic E-state index is 15.8. The minimum Gasteiger partial charge on any atom is -0.454 e. The smallest absolute Gasteiger partial charge is 0.216 e. The molecule has 0 saturated heterocycles. The standard InChI is InChI=1S/C33H29FNOSi/c1-22-17-18-24-25-19-20-27(34)31(33(25)36-32(24)30(22)28-15-10-11-21-35(28)2)26-14-8-9-16-29(26)37(3,4)23-12-6-5-7-13-23/h5-21H,1-4H3/q+1. The molecule has 6 aromatic rings. The van der Waals surface area contributed by atoms with Crippen molar-refractivity contribution in [2.75, 3.05) is 0 Å². The summed E-state index contributed by atoms with van der Waals surface area (Å²) in [6, 6.07) is 32.7. The van der Waals surface area contributed by atoms with Crippen molar-refractivity contribution in [2.24, 2.45) is 7.05 Å². The van der Waals surface area contributed by atoms with Crippen LogP contribution in [0, 0.1) is 12.7 Å². The minimum absolute atomic E-state index is 0.264. The fourth-order valence-electron chi connectivity index (χ4n) is 5.59. The lowest BCUT2D eigenvalue weighted by Gasteiger charge is -2.26. The summed E-state index contributed by atoms with van der Waals surface area (Å²) in [5.41, 5.74) is 6.07. The highest BCUT2D eigenvalue weighted by Crippen LogP contribution is 2.41. The normalized spacial score (nSPS) is 11.9. The van der Waals surface area contributed by atoms with Crippen molar-refractivity contribution >= 4 is 40.4 Å². The Morgan fingerprint density at radius 1 is 0.703 bits per heavy atom. The molecule has 0 aliphatic heterocycles. The predicted octanol–water partition coefficient (Wildman–Crippen LogP) is 7.01. The second kappa shape index (κ2) is 8.82.